The molecular weight excluding hydrogens is 150 g/mol. The molecule has 0 heterocycles. The van der Waals surface area contributed by atoms with E-state index in [-0.39, 0.29) is 0 Å². The Kier molecular flexibility index (Phi) is 2.86. The Balaban J connectivity index is 2.88. The number of oxime groups is 1. The van der Waals surface area contributed by atoms with Gasteiger partial charge in [-0.25, -0.2) is 0 Å². The summed E-state index contributed by atoms with van der Waals surface area (Å²) in [5, 5.41) is 3.36. The molecule has 0 aliphatic heterocycles. The molecule has 0 unspecified atom stereocenters. The van der Waals surface area contributed by atoms with Gasteiger partial charge in [0.05, 0.1) is 0 Å². The summed E-state index contributed by atoms with van der Waals surface area (Å²) in [6, 6.07) is 6.17. The van der Waals surface area contributed by atoms with Crippen LogP contribution in [-0.4, -0.2) is 6.72 Å². The van der Waals surface area contributed by atoms with Crippen molar-refractivity contribution < 1.29 is 4.84 Å². The lowest BCUT2D eigenvalue weighted by molar-refractivity contribution is 0.132. The van der Waals surface area contributed by atoms with E-state index in [1.54, 1.807) is 0 Å². The highest BCUT2D eigenvalue weighted by molar-refractivity contribution is 5.32. The van der Waals surface area contributed by atoms with Gasteiger partial charge in [-0.3, -0.25) is 0 Å². The van der Waals surface area contributed by atoms with E-state index in [1.165, 1.54) is 16.7 Å². The maximum atomic E-state index is 4.90. The summed E-state index contributed by atoms with van der Waals surface area (Å²) in [6.07, 6.45) is 0. The van der Waals surface area contributed by atoms with Crippen molar-refractivity contribution in [2.45, 2.75) is 20.5 Å². The van der Waals surface area contributed by atoms with Crippen molar-refractivity contribution in [2.75, 3.05) is 0 Å². The average Bonchev–Trinajstić information content (AvgIpc) is 2.04. The summed E-state index contributed by atoms with van der Waals surface area (Å²) in [6.45, 7) is 7.91. The van der Waals surface area contributed by atoms with Gasteiger partial charge in [0.25, 0.3) is 0 Å². The Morgan fingerprint density at radius 3 is 2.42 bits per heavy atom. The molecule has 0 bridgehead atoms. The molecule has 1 rings (SSSR count). The van der Waals surface area contributed by atoms with Crippen LogP contribution >= 0.6 is 0 Å². The first kappa shape index (κ1) is 8.78. The minimum Gasteiger partial charge on any atom is -0.391 e. The van der Waals surface area contributed by atoms with Gasteiger partial charge in [0.2, 0.25) is 0 Å². The van der Waals surface area contributed by atoms with E-state index >= 15 is 0 Å². The normalized spacial score (nSPS) is 9.50. The molecule has 0 amide bonds. The van der Waals surface area contributed by atoms with Crippen LogP contribution in [0.5, 0.6) is 0 Å². The topological polar surface area (TPSA) is 21.6 Å². The fourth-order valence-corrected chi connectivity index (χ4v) is 1.19. The number of nitrogens with zero attached hydrogens (tertiary/aromatic N) is 1. The van der Waals surface area contributed by atoms with E-state index < -0.39 is 0 Å². The van der Waals surface area contributed by atoms with Gasteiger partial charge in [-0.15, -0.1) is 5.16 Å². The van der Waals surface area contributed by atoms with Crippen molar-refractivity contribution in [2.24, 2.45) is 5.16 Å². The average molecular weight is 163 g/mol. The third kappa shape index (κ3) is 1.84. The highest BCUT2D eigenvalue weighted by Crippen LogP contribution is 2.13. The standard InChI is InChI=1S/C10H13NO/c1-8-5-4-6-9(2)10(8)7-12-11-3/h4-6H,3,7H2,1-2H3. The Labute approximate surface area is 72.9 Å². The second kappa shape index (κ2) is 3.90. The minimum atomic E-state index is 0.516. The van der Waals surface area contributed by atoms with Crippen LogP contribution in [0, 0.1) is 13.8 Å². The molecule has 0 saturated heterocycles. The summed E-state index contributed by atoms with van der Waals surface area (Å²) >= 11 is 0. The lowest BCUT2D eigenvalue weighted by atomic mass is 10.0. The zero-order valence-electron chi connectivity index (χ0n) is 7.50. The molecule has 2 nitrogen and oxygen atoms in total. The monoisotopic (exact) mass is 163 g/mol. The van der Waals surface area contributed by atoms with E-state index in [0.717, 1.165) is 0 Å². The molecule has 0 aliphatic rings. The number of hydrogen-bond donors (Lipinski definition) is 0. The Bertz CT molecular complexity index is 261. The van der Waals surface area contributed by atoms with Crippen LogP contribution in [-0.2, 0) is 11.4 Å². The fraction of sp³-hybridized carbons (Fsp3) is 0.300. The lowest BCUT2D eigenvalue weighted by Crippen LogP contribution is -1.94. The molecule has 0 saturated carbocycles. The third-order valence-corrected chi connectivity index (χ3v) is 1.94. The molecule has 0 aromatic heterocycles. The maximum absolute atomic E-state index is 4.90. The molecule has 1 aromatic rings. The van der Waals surface area contributed by atoms with Crippen molar-refractivity contribution >= 4 is 6.72 Å². The minimum absolute atomic E-state index is 0.516. The number of rotatable bonds is 3. The molecule has 0 N–H and O–H groups in total. The molecule has 12 heavy (non-hydrogen) atoms. The largest absolute Gasteiger partial charge is 0.391 e. The number of benzene rings is 1. The van der Waals surface area contributed by atoms with E-state index in [2.05, 4.69) is 37.9 Å². The van der Waals surface area contributed by atoms with Gasteiger partial charge in [0, 0.05) is 6.72 Å². The summed E-state index contributed by atoms with van der Waals surface area (Å²) in [4.78, 5) is 4.90. The van der Waals surface area contributed by atoms with Crippen LogP contribution < -0.4 is 0 Å². The fourth-order valence-electron chi connectivity index (χ4n) is 1.19. The van der Waals surface area contributed by atoms with Gasteiger partial charge in [0.1, 0.15) is 6.61 Å². The predicted octanol–water partition coefficient (Wildman–Crippen LogP) is 2.44. The molecule has 1 aromatic carbocycles. The van der Waals surface area contributed by atoms with Gasteiger partial charge in [-0.2, -0.15) is 0 Å². The summed E-state index contributed by atoms with van der Waals surface area (Å²) in [7, 11) is 0. The number of aryl methyl sites for hydroxylation is 2. The van der Waals surface area contributed by atoms with E-state index in [9.17, 15) is 0 Å². The summed E-state index contributed by atoms with van der Waals surface area (Å²) < 4.78 is 0. The number of hydrogen-bond acceptors (Lipinski definition) is 2. The van der Waals surface area contributed by atoms with Crippen molar-refractivity contribution in [3.8, 4) is 0 Å². The molecule has 0 aliphatic carbocycles. The zero-order chi connectivity index (χ0) is 8.97. The van der Waals surface area contributed by atoms with Crippen LogP contribution in [0.15, 0.2) is 23.4 Å². The zero-order valence-corrected chi connectivity index (χ0v) is 7.50. The second-order valence-electron chi connectivity index (χ2n) is 2.77. The SMILES string of the molecule is C=NOCc1c(C)cccc1C. The van der Waals surface area contributed by atoms with Crippen molar-refractivity contribution in [1.29, 1.82) is 0 Å². The maximum Gasteiger partial charge on any atom is 0.142 e. The van der Waals surface area contributed by atoms with Crippen LogP contribution in [0.25, 0.3) is 0 Å². The summed E-state index contributed by atoms with van der Waals surface area (Å²) in [5.74, 6) is 0. The molecule has 0 radical (unpaired) electrons. The Morgan fingerprint density at radius 2 is 1.92 bits per heavy atom. The molecular formula is C10H13NO. The van der Waals surface area contributed by atoms with Crippen LogP contribution in [0.4, 0.5) is 0 Å². The highest BCUT2D eigenvalue weighted by atomic mass is 16.6. The van der Waals surface area contributed by atoms with E-state index in [4.69, 9.17) is 4.84 Å². The quantitative estimate of drug-likeness (QED) is 0.495. The lowest BCUT2D eigenvalue weighted by Gasteiger charge is -2.06. The van der Waals surface area contributed by atoms with Crippen molar-refractivity contribution in [1.82, 2.24) is 0 Å². The predicted molar refractivity (Wildman–Crippen MR) is 50.3 cm³/mol. The molecule has 0 atom stereocenters. The first-order valence-electron chi connectivity index (χ1n) is 3.89. The smallest absolute Gasteiger partial charge is 0.142 e. The van der Waals surface area contributed by atoms with Gasteiger partial charge in [-0.05, 0) is 30.5 Å². The summed E-state index contributed by atoms with van der Waals surface area (Å²) in [5.41, 5.74) is 3.67. The van der Waals surface area contributed by atoms with Gasteiger partial charge < -0.3 is 4.84 Å². The Morgan fingerprint density at radius 1 is 1.33 bits per heavy atom. The van der Waals surface area contributed by atoms with Crippen molar-refractivity contribution in [3.63, 3.8) is 0 Å². The molecule has 64 valence electrons. The second-order valence-corrected chi connectivity index (χ2v) is 2.77. The first-order valence-corrected chi connectivity index (χ1v) is 3.89. The van der Waals surface area contributed by atoms with E-state index in [0.29, 0.717) is 6.61 Å². The van der Waals surface area contributed by atoms with Gasteiger partial charge in [-0.1, -0.05) is 18.2 Å². The first-order chi connectivity index (χ1) is 5.75. The Hall–Kier alpha value is -1.31. The van der Waals surface area contributed by atoms with Crippen LogP contribution in [0.3, 0.4) is 0 Å². The van der Waals surface area contributed by atoms with Crippen LogP contribution in [0.1, 0.15) is 16.7 Å². The third-order valence-electron chi connectivity index (χ3n) is 1.94. The van der Waals surface area contributed by atoms with E-state index in [1.807, 2.05) is 6.07 Å². The van der Waals surface area contributed by atoms with Gasteiger partial charge >= 0.3 is 0 Å². The molecule has 0 spiro atoms. The molecule has 2 heteroatoms. The van der Waals surface area contributed by atoms with Crippen molar-refractivity contribution in [3.05, 3.63) is 34.9 Å². The van der Waals surface area contributed by atoms with Gasteiger partial charge in [0.15, 0.2) is 0 Å². The molecule has 0 fully saturated rings. The highest BCUT2D eigenvalue weighted by Gasteiger charge is 2.00. The van der Waals surface area contributed by atoms with Crippen LogP contribution in [0.2, 0.25) is 0 Å².